The summed E-state index contributed by atoms with van der Waals surface area (Å²) in [6, 6.07) is 0. The maximum atomic E-state index is 12.6. The van der Waals surface area contributed by atoms with Crippen LogP contribution in [0.15, 0.2) is 4.79 Å². The number of aromatic amines is 1. The molecule has 0 aliphatic carbocycles. The molecule has 0 spiro atoms. The fourth-order valence-electron chi connectivity index (χ4n) is 4.05. The third kappa shape index (κ3) is 4.39. The van der Waals surface area contributed by atoms with Gasteiger partial charge < -0.3 is 15.4 Å². The lowest BCUT2D eigenvalue weighted by molar-refractivity contribution is -0.121. The molecule has 1 fully saturated rings. The molecule has 3 heterocycles. The number of hydrogen-bond donors (Lipinski definition) is 3. The number of H-pyrrole nitrogens is 1. The van der Waals surface area contributed by atoms with E-state index in [1.54, 1.807) is 18.8 Å². The zero-order valence-electron chi connectivity index (χ0n) is 17.0. The smallest absolute Gasteiger partial charge is 0.273 e. The SMILES string of the molecule is COCC1(CNC(=O)Cc2c(C)nc3c(c2C)c(=O)[nH]n3C)CCNCC1.Cl. The highest BCUT2D eigenvalue weighted by Gasteiger charge is 2.32. The van der Waals surface area contributed by atoms with Crippen LogP contribution in [0.2, 0.25) is 0 Å². The Kier molecular flexibility index (Phi) is 7.25. The number of fused-ring (bicyclic) bond motifs is 1. The lowest BCUT2D eigenvalue weighted by Gasteiger charge is -2.37. The lowest BCUT2D eigenvalue weighted by atomic mass is 9.79. The molecular weight excluding hydrogens is 382 g/mol. The van der Waals surface area contributed by atoms with E-state index in [0.29, 0.717) is 24.2 Å². The van der Waals surface area contributed by atoms with Crippen molar-refractivity contribution in [2.45, 2.75) is 33.1 Å². The summed E-state index contributed by atoms with van der Waals surface area (Å²) in [6.07, 6.45) is 2.18. The fraction of sp³-hybridized carbons (Fsp3) is 0.632. The lowest BCUT2D eigenvalue weighted by Crippen LogP contribution is -2.47. The van der Waals surface area contributed by atoms with Crippen LogP contribution >= 0.6 is 12.4 Å². The van der Waals surface area contributed by atoms with E-state index < -0.39 is 0 Å². The highest BCUT2D eigenvalue weighted by Crippen LogP contribution is 2.28. The number of piperidine rings is 1. The zero-order chi connectivity index (χ0) is 19.6. The molecule has 8 nitrogen and oxygen atoms in total. The van der Waals surface area contributed by atoms with E-state index in [2.05, 4.69) is 20.7 Å². The van der Waals surface area contributed by atoms with Crippen LogP contribution in [0.5, 0.6) is 0 Å². The first-order valence-corrected chi connectivity index (χ1v) is 9.38. The molecule has 3 N–H and O–H groups in total. The fourth-order valence-corrected chi connectivity index (χ4v) is 4.05. The number of nitrogens with zero attached hydrogens (tertiary/aromatic N) is 2. The number of aryl methyl sites for hydroxylation is 3. The Labute approximate surface area is 170 Å². The first-order chi connectivity index (χ1) is 12.9. The molecule has 0 saturated carbocycles. The van der Waals surface area contributed by atoms with Gasteiger partial charge in [-0.3, -0.25) is 19.4 Å². The van der Waals surface area contributed by atoms with E-state index in [-0.39, 0.29) is 35.7 Å². The molecule has 0 bridgehead atoms. The van der Waals surface area contributed by atoms with Crippen molar-refractivity contribution in [3.05, 3.63) is 27.2 Å². The summed E-state index contributed by atoms with van der Waals surface area (Å²) >= 11 is 0. The van der Waals surface area contributed by atoms with Crippen LogP contribution in [0.1, 0.15) is 29.7 Å². The van der Waals surface area contributed by atoms with Gasteiger partial charge in [0.2, 0.25) is 5.91 Å². The topological polar surface area (TPSA) is 101 Å². The predicted octanol–water partition coefficient (Wildman–Crippen LogP) is 0.975. The van der Waals surface area contributed by atoms with Crippen molar-refractivity contribution in [1.82, 2.24) is 25.4 Å². The summed E-state index contributed by atoms with van der Waals surface area (Å²) in [4.78, 5) is 29.4. The molecule has 1 saturated heterocycles. The molecule has 2 aromatic rings. The number of hydrogen-bond acceptors (Lipinski definition) is 5. The Bertz CT molecular complexity index is 894. The minimum absolute atomic E-state index is 0. The third-order valence-corrected chi connectivity index (χ3v) is 5.69. The Balaban J connectivity index is 0.00000280. The minimum Gasteiger partial charge on any atom is -0.384 e. The van der Waals surface area contributed by atoms with Crippen molar-refractivity contribution in [3.63, 3.8) is 0 Å². The van der Waals surface area contributed by atoms with Gasteiger partial charge in [-0.15, -0.1) is 12.4 Å². The van der Waals surface area contributed by atoms with Crippen LogP contribution in [0.3, 0.4) is 0 Å². The van der Waals surface area contributed by atoms with Crippen LogP contribution in [0.4, 0.5) is 0 Å². The summed E-state index contributed by atoms with van der Waals surface area (Å²) in [6.45, 7) is 6.88. The van der Waals surface area contributed by atoms with Gasteiger partial charge in [0.1, 0.15) is 0 Å². The van der Waals surface area contributed by atoms with Crippen LogP contribution in [-0.2, 0) is 23.0 Å². The van der Waals surface area contributed by atoms with Crippen LogP contribution < -0.4 is 16.2 Å². The molecule has 156 valence electrons. The second kappa shape index (κ2) is 9.07. The van der Waals surface area contributed by atoms with Gasteiger partial charge in [0.15, 0.2) is 5.65 Å². The number of pyridine rings is 1. The van der Waals surface area contributed by atoms with Crippen molar-refractivity contribution < 1.29 is 9.53 Å². The average molecular weight is 412 g/mol. The number of nitrogens with one attached hydrogen (secondary N) is 3. The zero-order valence-corrected chi connectivity index (χ0v) is 17.8. The Morgan fingerprint density at radius 1 is 1.32 bits per heavy atom. The predicted molar refractivity (Wildman–Crippen MR) is 111 cm³/mol. The van der Waals surface area contributed by atoms with Gasteiger partial charge in [-0.1, -0.05) is 0 Å². The van der Waals surface area contributed by atoms with Crippen LogP contribution in [-0.4, -0.2) is 54.0 Å². The number of aromatic nitrogens is 3. The number of carbonyl (C=O) groups excluding carboxylic acids is 1. The monoisotopic (exact) mass is 411 g/mol. The van der Waals surface area contributed by atoms with Crippen LogP contribution in [0, 0.1) is 19.3 Å². The molecule has 1 amide bonds. The number of methoxy groups -OCH3 is 1. The molecular formula is C19H30ClN5O3. The molecule has 1 aliphatic heterocycles. The Morgan fingerprint density at radius 3 is 2.64 bits per heavy atom. The molecule has 1 aliphatic rings. The number of carbonyl (C=O) groups is 1. The second-order valence-corrected chi connectivity index (χ2v) is 7.64. The largest absolute Gasteiger partial charge is 0.384 e. The highest BCUT2D eigenvalue weighted by molar-refractivity contribution is 5.85. The van der Waals surface area contributed by atoms with Crippen molar-refractivity contribution in [1.29, 1.82) is 0 Å². The molecule has 28 heavy (non-hydrogen) atoms. The van der Waals surface area contributed by atoms with Gasteiger partial charge in [-0.05, 0) is 50.9 Å². The maximum Gasteiger partial charge on any atom is 0.273 e. The molecule has 9 heteroatoms. The van der Waals surface area contributed by atoms with Gasteiger partial charge in [0, 0.05) is 31.8 Å². The maximum absolute atomic E-state index is 12.6. The summed E-state index contributed by atoms with van der Waals surface area (Å²) in [5.41, 5.74) is 2.85. The van der Waals surface area contributed by atoms with Gasteiger partial charge in [-0.2, -0.15) is 0 Å². The summed E-state index contributed by atoms with van der Waals surface area (Å²) in [5, 5.41) is 9.72. The number of rotatable bonds is 6. The van der Waals surface area contributed by atoms with Crippen molar-refractivity contribution in [2.75, 3.05) is 33.4 Å². The molecule has 0 aromatic carbocycles. The normalized spacial score (nSPS) is 16.0. The number of amides is 1. The first-order valence-electron chi connectivity index (χ1n) is 9.38. The van der Waals surface area contributed by atoms with E-state index in [1.165, 1.54) is 0 Å². The van der Waals surface area contributed by atoms with Crippen LogP contribution in [0.25, 0.3) is 11.0 Å². The Morgan fingerprint density at radius 2 is 2.00 bits per heavy atom. The highest BCUT2D eigenvalue weighted by atomic mass is 35.5. The molecule has 2 aromatic heterocycles. The number of ether oxygens (including phenoxy) is 1. The van der Waals surface area contributed by atoms with E-state index >= 15 is 0 Å². The second-order valence-electron chi connectivity index (χ2n) is 7.64. The minimum atomic E-state index is -0.173. The van der Waals surface area contributed by atoms with Crippen molar-refractivity contribution in [3.8, 4) is 0 Å². The standard InChI is InChI=1S/C19H29N5O3.ClH/c1-12-14(13(2)22-17-16(12)18(26)23-24(17)3)9-15(25)21-10-19(11-27-4)5-7-20-8-6-19;/h20H,5-11H2,1-4H3,(H,21,25)(H,23,26);1H. The molecule has 0 atom stereocenters. The van der Waals surface area contributed by atoms with E-state index in [0.717, 1.165) is 42.8 Å². The quantitative estimate of drug-likeness (QED) is 0.657. The van der Waals surface area contributed by atoms with Gasteiger partial charge >= 0.3 is 0 Å². The first kappa shape index (κ1) is 22.4. The Hall–Kier alpha value is -1.90. The molecule has 3 rings (SSSR count). The number of halogens is 1. The summed E-state index contributed by atoms with van der Waals surface area (Å²) in [7, 11) is 3.47. The van der Waals surface area contributed by atoms with Crippen molar-refractivity contribution >= 4 is 29.3 Å². The summed E-state index contributed by atoms with van der Waals surface area (Å²) in [5.74, 6) is -0.0521. The average Bonchev–Trinajstić information content (AvgIpc) is 2.91. The third-order valence-electron chi connectivity index (χ3n) is 5.69. The van der Waals surface area contributed by atoms with E-state index in [4.69, 9.17) is 4.74 Å². The van der Waals surface area contributed by atoms with Crippen molar-refractivity contribution in [2.24, 2.45) is 12.5 Å². The van der Waals surface area contributed by atoms with Gasteiger partial charge in [0.25, 0.3) is 5.56 Å². The van der Waals surface area contributed by atoms with E-state index in [9.17, 15) is 9.59 Å². The van der Waals surface area contributed by atoms with Gasteiger partial charge in [-0.25, -0.2) is 4.98 Å². The molecule has 0 radical (unpaired) electrons. The van der Waals surface area contributed by atoms with E-state index in [1.807, 2.05) is 13.8 Å². The van der Waals surface area contributed by atoms with Gasteiger partial charge in [0.05, 0.1) is 18.4 Å². The summed E-state index contributed by atoms with van der Waals surface area (Å²) < 4.78 is 7.03. The molecule has 0 unspecified atom stereocenters.